The number of hydrogen-bond acceptors (Lipinski definition) is 6. The van der Waals surface area contributed by atoms with Gasteiger partial charge in [0.2, 0.25) is 5.13 Å². The highest BCUT2D eigenvalue weighted by atomic mass is 32.2. The number of thiazole rings is 1. The Morgan fingerprint density at radius 1 is 1.31 bits per heavy atom. The zero-order valence-corrected chi connectivity index (χ0v) is 16.0. The van der Waals surface area contributed by atoms with Crippen molar-refractivity contribution in [3.63, 3.8) is 0 Å². The summed E-state index contributed by atoms with van der Waals surface area (Å²) in [4.78, 5) is 21.5. The normalized spacial score (nSPS) is 18.2. The minimum atomic E-state index is -0.170. The van der Waals surface area contributed by atoms with Crippen molar-refractivity contribution in [2.45, 2.75) is 6.92 Å². The van der Waals surface area contributed by atoms with Crippen LogP contribution in [0.4, 0.5) is 5.13 Å². The Kier molecular flexibility index (Phi) is 5.70. The summed E-state index contributed by atoms with van der Waals surface area (Å²) in [6.45, 7) is 5.86. The molecular formula is C19H17N3O2S2. The van der Waals surface area contributed by atoms with Gasteiger partial charge in [-0.05, 0) is 48.5 Å². The standard InChI is InChI=1S/C19H17N3O2S2/c1-4-5-6-15-12(2)20-18(25-15)22-19-21-17(23)16(26-19)11-13-7-9-14(24-3)10-8-13/h4-11H,2H2,1,3H3,(H,20,21,22,23)/b5-4-,15-6+,16-11+. The van der Waals surface area contributed by atoms with E-state index in [2.05, 4.69) is 21.9 Å². The maximum Gasteiger partial charge on any atom is 0.264 e. The van der Waals surface area contributed by atoms with Gasteiger partial charge in [0.15, 0.2) is 5.17 Å². The first-order valence-corrected chi connectivity index (χ1v) is 9.45. The molecule has 1 fully saturated rings. The first-order chi connectivity index (χ1) is 12.6. The van der Waals surface area contributed by atoms with Crippen LogP contribution < -0.4 is 19.9 Å². The molecule has 0 unspecified atom stereocenters. The van der Waals surface area contributed by atoms with E-state index < -0.39 is 0 Å². The van der Waals surface area contributed by atoms with E-state index in [1.54, 1.807) is 7.11 Å². The molecule has 5 nitrogen and oxygen atoms in total. The third-order valence-corrected chi connectivity index (χ3v) is 5.28. The highest BCUT2D eigenvalue weighted by molar-refractivity contribution is 8.18. The minimum Gasteiger partial charge on any atom is -0.497 e. The lowest BCUT2D eigenvalue weighted by atomic mass is 10.2. The van der Waals surface area contributed by atoms with Gasteiger partial charge in [-0.15, -0.1) is 0 Å². The molecule has 1 aromatic carbocycles. The van der Waals surface area contributed by atoms with Gasteiger partial charge in [-0.2, -0.15) is 4.99 Å². The van der Waals surface area contributed by atoms with Gasteiger partial charge in [0, 0.05) is 0 Å². The van der Waals surface area contributed by atoms with Gasteiger partial charge in [0.1, 0.15) is 5.75 Å². The SMILES string of the molecule is C=c1nc(/N=C2\NC(=O)/C(=C\c3ccc(OC)cc3)S2)s/c1=C/C=C\C. The van der Waals surface area contributed by atoms with Crippen molar-refractivity contribution in [2.24, 2.45) is 4.99 Å². The van der Waals surface area contributed by atoms with Crippen LogP contribution in [-0.4, -0.2) is 23.2 Å². The van der Waals surface area contributed by atoms with Gasteiger partial charge in [-0.3, -0.25) is 4.79 Å². The second kappa shape index (κ2) is 8.16. The lowest BCUT2D eigenvalue weighted by Gasteiger charge is -1.99. The second-order valence-corrected chi connectivity index (χ2v) is 7.29. The number of carbonyl (C=O) groups is 1. The lowest BCUT2D eigenvalue weighted by Crippen LogP contribution is -2.19. The first kappa shape index (κ1) is 18.2. The highest BCUT2D eigenvalue weighted by Gasteiger charge is 2.24. The average Bonchev–Trinajstić information content (AvgIpc) is 3.15. The zero-order valence-electron chi connectivity index (χ0n) is 14.4. The van der Waals surface area contributed by atoms with E-state index in [1.807, 2.05) is 55.5 Å². The van der Waals surface area contributed by atoms with Gasteiger partial charge < -0.3 is 10.1 Å². The number of thioether (sulfide) groups is 1. The summed E-state index contributed by atoms with van der Waals surface area (Å²) in [6.07, 6.45) is 7.63. The molecule has 1 aliphatic heterocycles. The molecule has 1 N–H and O–H groups in total. The smallest absolute Gasteiger partial charge is 0.264 e. The molecule has 132 valence electrons. The third-order valence-electron chi connectivity index (χ3n) is 3.42. The van der Waals surface area contributed by atoms with Gasteiger partial charge >= 0.3 is 0 Å². The Bertz CT molecular complexity index is 1020. The molecule has 1 aromatic heterocycles. The number of nitrogens with zero attached hydrogens (tertiary/aromatic N) is 2. The molecule has 2 heterocycles. The van der Waals surface area contributed by atoms with Crippen molar-refractivity contribution in [1.29, 1.82) is 0 Å². The zero-order chi connectivity index (χ0) is 18.5. The first-order valence-electron chi connectivity index (χ1n) is 7.81. The van der Waals surface area contributed by atoms with Crippen molar-refractivity contribution >= 4 is 58.0 Å². The predicted molar refractivity (Wildman–Crippen MR) is 110 cm³/mol. The summed E-state index contributed by atoms with van der Waals surface area (Å²) in [5.41, 5.74) is 0.919. The van der Waals surface area contributed by atoms with Crippen LogP contribution in [0, 0.1) is 0 Å². The molecule has 1 saturated heterocycles. The molecule has 26 heavy (non-hydrogen) atoms. The van der Waals surface area contributed by atoms with E-state index in [4.69, 9.17) is 4.74 Å². The number of amides is 1. The van der Waals surface area contributed by atoms with Crippen LogP contribution in [0.1, 0.15) is 12.5 Å². The number of nitrogens with one attached hydrogen (secondary N) is 1. The van der Waals surface area contributed by atoms with E-state index in [1.165, 1.54) is 23.1 Å². The van der Waals surface area contributed by atoms with Crippen LogP contribution in [0.5, 0.6) is 5.75 Å². The third kappa shape index (κ3) is 4.30. The summed E-state index contributed by atoms with van der Waals surface area (Å²) in [5.74, 6) is 0.605. The molecular weight excluding hydrogens is 366 g/mol. The number of methoxy groups -OCH3 is 1. The Hall–Kier alpha value is -2.64. The molecule has 0 atom stereocenters. The van der Waals surface area contributed by atoms with Crippen LogP contribution in [0.15, 0.2) is 46.3 Å². The predicted octanol–water partition coefficient (Wildman–Crippen LogP) is 2.81. The fraction of sp³-hybridized carbons (Fsp3) is 0.105. The maximum absolute atomic E-state index is 12.2. The fourth-order valence-electron chi connectivity index (χ4n) is 2.13. The summed E-state index contributed by atoms with van der Waals surface area (Å²) >= 11 is 2.72. The van der Waals surface area contributed by atoms with Crippen LogP contribution >= 0.6 is 23.1 Å². The number of rotatable bonds is 4. The number of aliphatic imine (C=N–C) groups is 1. The molecule has 1 amide bonds. The van der Waals surface area contributed by atoms with Crippen molar-refractivity contribution in [3.05, 3.63) is 56.8 Å². The lowest BCUT2D eigenvalue weighted by molar-refractivity contribution is -0.115. The Labute approximate surface area is 159 Å². The Morgan fingerprint density at radius 3 is 2.77 bits per heavy atom. The summed E-state index contributed by atoms with van der Waals surface area (Å²) < 4.78 is 6.09. The molecule has 0 spiro atoms. The quantitative estimate of drug-likeness (QED) is 0.825. The largest absolute Gasteiger partial charge is 0.497 e. The fourth-order valence-corrected chi connectivity index (χ4v) is 3.81. The van der Waals surface area contributed by atoms with E-state index in [9.17, 15) is 4.79 Å². The molecule has 0 saturated carbocycles. The minimum absolute atomic E-state index is 0.170. The summed E-state index contributed by atoms with van der Waals surface area (Å²) in [5, 5.41) is 4.53. The van der Waals surface area contributed by atoms with E-state index in [-0.39, 0.29) is 5.91 Å². The molecule has 0 radical (unpaired) electrons. The van der Waals surface area contributed by atoms with Gasteiger partial charge in [-0.25, -0.2) is 4.98 Å². The van der Waals surface area contributed by atoms with E-state index >= 15 is 0 Å². The van der Waals surface area contributed by atoms with Crippen LogP contribution in [-0.2, 0) is 4.79 Å². The van der Waals surface area contributed by atoms with Crippen molar-refractivity contribution < 1.29 is 9.53 Å². The van der Waals surface area contributed by atoms with Crippen LogP contribution in [0.2, 0.25) is 0 Å². The van der Waals surface area contributed by atoms with Gasteiger partial charge in [-0.1, -0.05) is 42.2 Å². The Morgan fingerprint density at radius 2 is 2.08 bits per heavy atom. The van der Waals surface area contributed by atoms with Crippen molar-refractivity contribution in [1.82, 2.24) is 10.3 Å². The second-order valence-electron chi connectivity index (χ2n) is 5.25. The number of ether oxygens (including phenoxy) is 1. The molecule has 7 heteroatoms. The molecule has 0 aliphatic carbocycles. The van der Waals surface area contributed by atoms with E-state index in [0.29, 0.717) is 20.6 Å². The summed E-state index contributed by atoms with van der Waals surface area (Å²) in [7, 11) is 1.62. The van der Waals surface area contributed by atoms with Crippen LogP contribution in [0.3, 0.4) is 0 Å². The number of hydrogen-bond donors (Lipinski definition) is 1. The van der Waals surface area contributed by atoms with Crippen molar-refractivity contribution in [3.8, 4) is 5.75 Å². The number of allylic oxidation sites excluding steroid dienone is 2. The number of benzene rings is 1. The van der Waals surface area contributed by atoms with E-state index in [0.717, 1.165) is 15.8 Å². The number of amidine groups is 1. The highest BCUT2D eigenvalue weighted by Crippen LogP contribution is 2.28. The molecule has 2 aromatic rings. The van der Waals surface area contributed by atoms with Gasteiger partial charge in [0.05, 0.1) is 21.9 Å². The molecule has 1 aliphatic rings. The maximum atomic E-state index is 12.2. The number of aromatic nitrogens is 1. The van der Waals surface area contributed by atoms with Crippen molar-refractivity contribution in [2.75, 3.05) is 7.11 Å². The molecule has 3 rings (SSSR count). The summed E-state index contributed by atoms with van der Waals surface area (Å²) in [6, 6.07) is 7.50. The molecule has 0 bridgehead atoms. The number of carbonyl (C=O) groups excluding carboxylic acids is 1. The van der Waals surface area contributed by atoms with Crippen LogP contribution in [0.25, 0.3) is 18.7 Å². The topological polar surface area (TPSA) is 63.6 Å². The average molecular weight is 383 g/mol. The Balaban J connectivity index is 1.81. The monoisotopic (exact) mass is 383 g/mol. The van der Waals surface area contributed by atoms with Gasteiger partial charge in [0.25, 0.3) is 5.91 Å².